The molecule has 8 heteroatoms. The van der Waals surface area contributed by atoms with E-state index in [2.05, 4.69) is 15.0 Å². The minimum Gasteiger partial charge on any atom is -0.366 e. The maximum atomic E-state index is 11.5. The minimum atomic E-state index is -0.390. The number of halogens is 1. The molecule has 2 heterocycles. The van der Waals surface area contributed by atoms with Crippen LogP contribution in [0.2, 0.25) is 0 Å². The Hall–Kier alpha value is -2.12. The van der Waals surface area contributed by atoms with Crippen molar-refractivity contribution in [3.63, 3.8) is 0 Å². The molecular formula is C14H18ClN5O2. The maximum Gasteiger partial charge on any atom is 0.249 e. The molecule has 0 atom stereocenters. The van der Waals surface area contributed by atoms with Crippen molar-refractivity contribution in [3.05, 3.63) is 41.0 Å². The van der Waals surface area contributed by atoms with Crippen molar-refractivity contribution in [1.29, 1.82) is 0 Å². The summed E-state index contributed by atoms with van der Waals surface area (Å²) in [4.78, 5) is 17.9. The van der Waals surface area contributed by atoms with Crippen molar-refractivity contribution in [2.24, 2.45) is 11.5 Å². The highest BCUT2D eigenvalue weighted by molar-refractivity contribution is 5.96. The molecule has 1 aromatic carbocycles. The number of fused-ring (bicyclic) bond motifs is 1. The summed E-state index contributed by atoms with van der Waals surface area (Å²) < 4.78 is 5.02. The van der Waals surface area contributed by atoms with Crippen LogP contribution in [0.3, 0.4) is 0 Å². The number of amides is 1. The molecule has 0 spiro atoms. The summed E-state index contributed by atoms with van der Waals surface area (Å²) >= 11 is 0. The van der Waals surface area contributed by atoms with Crippen LogP contribution in [-0.2, 0) is 19.5 Å². The smallest absolute Gasteiger partial charge is 0.249 e. The van der Waals surface area contributed by atoms with Gasteiger partial charge in [-0.3, -0.25) is 4.79 Å². The van der Waals surface area contributed by atoms with Gasteiger partial charge in [0.25, 0.3) is 0 Å². The number of primary amides is 1. The fourth-order valence-corrected chi connectivity index (χ4v) is 2.70. The van der Waals surface area contributed by atoms with Gasteiger partial charge in [-0.15, -0.1) is 12.4 Å². The van der Waals surface area contributed by atoms with Gasteiger partial charge in [-0.1, -0.05) is 11.2 Å². The molecule has 1 aliphatic rings. The zero-order valence-corrected chi connectivity index (χ0v) is 12.8. The van der Waals surface area contributed by atoms with E-state index in [1.807, 2.05) is 12.1 Å². The fraction of sp³-hybridized carbons (Fsp3) is 0.357. The fourth-order valence-electron chi connectivity index (χ4n) is 2.70. The van der Waals surface area contributed by atoms with Crippen LogP contribution in [-0.4, -0.2) is 22.6 Å². The largest absolute Gasteiger partial charge is 0.366 e. The summed E-state index contributed by atoms with van der Waals surface area (Å²) in [5.41, 5.74) is 13.5. The Balaban J connectivity index is 0.00000176. The minimum absolute atomic E-state index is 0. The predicted octanol–water partition coefficient (Wildman–Crippen LogP) is 1.00. The van der Waals surface area contributed by atoms with Gasteiger partial charge in [-0.2, -0.15) is 4.98 Å². The molecule has 0 radical (unpaired) electrons. The Morgan fingerprint density at radius 2 is 2.23 bits per heavy atom. The van der Waals surface area contributed by atoms with Gasteiger partial charge in [-0.25, -0.2) is 0 Å². The van der Waals surface area contributed by atoms with Crippen LogP contribution in [0.4, 0.5) is 5.69 Å². The first-order valence-electron chi connectivity index (χ1n) is 6.87. The van der Waals surface area contributed by atoms with E-state index in [4.69, 9.17) is 16.0 Å². The quantitative estimate of drug-likeness (QED) is 0.868. The van der Waals surface area contributed by atoms with Crippen LogP contribution in [0.5, 0.6) is 0 Å². The van der Waals surface area contributed by atoms with Crippen LogP contribution in [0.1, 0.15) is 34.1 Å². The lowest BCUT2D eigenvalue weighted by atomic mass is 9.96. The first kappa shape index (κ1) is 16.3. The third kappa shape index (κ3) is 3.05. The molecule has 0 aliphatic carbocycles. The molecule has 22 heavy (non-hydrogen) atoms. The molecule has 118 valence electrons. The highest BCUT2D eigenvalue weighted by atomic mass is 35.5. The summed E-state index contributed by atoms with van der Waals surface area (Å²) in [5, 5.41) is 3.91. The number of aromatic nitrogens is 2. The molecule has 0 saturated carbocycles. The van der Waals surface area contributed by atoms with E-state index in [1.54, 1.807) is 6.07 Å². The average Bonchev–Trinajstić information content (AvgIpc) is 2.94. The first-order valence-corrected chi connectivity index (χ1v) is 6.87. The van der Waals surface area contributed by atoms with E-state index < -0.39 is 5.91 Å². The molecule has 0 saturated heterocycles. The normalized spacial score (nSPS) is 13.4. The van der Waals surface area contributed by atoms with E-state index in [9.17, 15) is 4.79 Å². The van der Waals surface area contributed by atoms with Crippen LogP contribution in [0.15, 0.2) is 22.7 Å². The van der Waals surface area contributed by atoms with Gasteiger partial charge in [0.1, 0.15) is 0 Å². The van der Waals surface area contributed by atoms with Crippen molar-refractivity contribution in [2.75, 3.05) is 11.4 Å². The lowest BCUT2D eigenvalue weighted by Crippen LogP contribution is -2.30. The number of benzene rings is 1. The van der Waals surface area contributed by atoms with Crippen LogP contribution in [0.25, 0.3) is 0 Å². The summed E-state index contributed by atoms with van der Waals surface area (Å²) in [7, 11) is 0. The zero-order valence-electron chi connectivity index (χ0n) is 12.0. The molecule has 4 N–H and O–H groups in total. The Bertz CT molecular complexity index is 673. The number of nitrogens with two attached hydrogens (primary N) is 2. The molecule has 0 unspecified atom stereocenters. The van der Waals surface area contributed by atoms with Crippen LogP contribution in [0, 0.1) is 0 Å². The van der Waals surface area contributed by atoms with Gasteiger partial charge in [-0.05, 0) is 30.5 Å². The van der Waals surface area contributed by atoms with Gasteiger partial charge in [0.2, 0.25) is 11.8 Å². The monoisotopic (exact) mass is 323 g/mol. The zero-order chi connectivity index (χ0) is 14.8. The van der Waals surface area contributed by atoms with Gasteiger partial charge < -0.3 is 20.9 Å². The van der Waals surface area contributed by atoms with Gasteiger partial charge in [0, 0.05) is 17.8 Å². The lowest BCUT2D eigenvalue weighted by Gasteiger charge is -2.31. The second-order valence-electron chi connectivity index (χ2n) is 5.00. The van der Waals surface area contributed by atoms with E-state index in [-0.39, 0.29) is 19.0 Å². The Kier molecular flexibility index (Phi) is 4.99. The summed E-state index contributed by atoms with van der Waals surface area (Å²) in [5.74, 6) is 0.625. The van der Waals surface area contributed by atoms with E-state index in [0.29, 0.717) is 23.8 Å². The second-order valence-corrected chi connectivity index (χ2v) is 5.00. The molecule has 0 fully saturated rings. The van der Waals surface area contributed by atoms with Gasteiger partial charge in [0.05, 0.1) is 13.1 Å². The van der Waals surface area contributed by atoms with Crippen molar-refractivity contribution in [2.45, 2.75) is 25.9 Å². The number of hydrogen-bond donors (Lipinski definition) is 2. The van der Waals surface area contributed by atoms with E-state index in [1.165, 1.54) is 0 Å². The van der Waals surface area contributed by atoms with E-state index in [0.717, 1.165) is 30.6 Å². The topological polar surface area (TPSA) is 111 Å². The summed E-state index contributed by atoms with van der Waals surface area (Å²) in [6.45, 7) is 1.63. The Morgan fingerprint density at radius 3 is 2.91 bits per heavy atom. The SMILES string of the molecule is Cl.NCc1nc(CN2CCCc3c(C(N)=O)cccc32)no1. The highest BCUT2D eigenvalue weighted by Gasteiger charge is 2.22. The number of nitrogens with zero attached hydrogens (tertiary/aromatic N) is 3. The summed E-state index contributed by atoms with van der Waals surface area (Å²) in [6, 6.07) is 5.61. The molecule has 1 amide bonds. The van der Waals surface area contributed by atoms with Crippen molar-refractivity contribution < 1.29 is 9.32 Å². The van der Waals surface area contributed by atoms with Crippen molar-refractivity contribution >= 4 is 24.0 Å². The standard InChI is InChI=1S/C14H17N5O2.ClH/c15-7-13-17-12(18-21-13)8-19-6-2-4-9-10(14(16)20)3-1-5-11(9)19;/h1,3,5H,2,4,6-8,15H2,(H2,16,20);1H. The van der Waals surface area contributed by atoms with Crippen LogP contribution < -0.4 is 16.4 Å². The number of anilines is 1. The molecule has 1 aromatic heterocycles. The second kappa shape index (κ2) is 6.76. The van der Waals surface area contributed by atoms with Gasteiger partial charge >= 0.3 is 0 Å². The Morgan fingerprint density at radius 1 is 1.41 bits per heavy atom. The van der Waals surface area contributed by atoms with Gasteiger partial charge in [0.15, 0.2) is 5.82 Å². The maximum absolute atomic E-state index is 11.5. The number of rotatable bonds is 4. The van der Waals surface area contributed by atoms with Crippen molar-refractivity contribution in [3.8, 4) is 0 Å². The molecular weight excluding hydrogens is 306 g/mol. The predicted molar refractivity (Wildman–Crippen MR) is 83.8 cm³/mol. The highest BCUT2D eigenvalue weighted by Crippen LogP contribution is 2.30. The third-order valence-corrected chi connectivity index (χ3v) is 3.63. The third-order valence-electron chi connectivity index (χ3n) is 3.63. The summed E-state index contributed by atoms with van der Waals surface area (Å²) in [6.07, 6.45) is 1.81. The first-order chi connectivity index (χ1) is 10.2. The molecule has 2 aromatic rings. The lowest BCUT2D eigenvalue weighted by molar-refractivity contribution is 0.0999. The number of carbonyl (C=O) groups is 1. The van der Waals surface area contributed by atoms with Crippen LogP contribution >= 0.6 is 12.4 Å². The molecule has 7 nitrogen and oxygen atoms in total. The number of carbonyl (C=O) groups excluding carboxylic acids is 1. The molecule has 0 bridgehead atoms. The van der Waals surface area contributed by atoms with E-state index >= 15 is 0 Å². The molecule has 1 aliphatic heterocycles. The Labute approximate surface area is 134 Å². The average molecular weight is 324 g/mol. The van der Waals surface area contributed by atoms with Crippen molar-refractivity contribution in [1.82, 2.24) is 10.1 Å². The molecule has 3 rings (SSSR count). The number of hydrogen-bond acceptors (Lipinski definition) is 6.